The maximum absolute atomic E-state index is 12.0. The van der Waals surface area contributed by atoms with E-state index in [9.17, 15) is 9.59 Å². The molecule has 1 aliphatic carbocycles. The van der Waals surface area contributed by atoms with E-state index in [0.717, 1.165) is 17.8 Å². The maximum atomic E-state index is 12.0. The van der Waals surface area contributed by atoms with Crippen LogP contribution >= 0.6 is 11.3 Å². The lowest BCUT2D eigenvalue weighted by molar-refractivity contribution is -0.123. The average Bonchev–Trinajstić information content (AvgIpc) is 2.75. The summed E-state index contributed by atoms with van der Waals surface area (Å²) in [4.78, 5) is 27.4. The van der Waals surface area contributed by atoms with Gasteiger partial charge in [0.25, 0.3) is 0 Å². The maximum Gasteiger partial charge on any atom is 0.347 e. The minimum absolute atomic E-state index is 0.0298. The van der Waals surface area contributed by atoms with Crippen LogP contribution in [0, 0.1) is 18.3 Å². The summed E-state index contributed by atoms with van der Waals surface area (Å²) in [5.74, 6) is -0.875. The van der Waals surface area contributed by atoms with E-state index in [1.54, 1.807) is 6.92 Å². The molecule has 1 aromatic rings. The molecule has 104 valence electrons. The highest BCUT2D eigenvalue weighted by Gasteiger charge is 2.50. The molecule has 1 saturated carbocycles. The van der Waals surface area contributed by atoms with Gasteiger partial charge in [-0.15, -0.1) is 11.3 Å². The second kappa shape index (κ2) is 4.59. The number of aryl methyl sites for hydroxylation is 1. The van der Waals surface area contributed by atoms with Gasteiger partial charge in [-0.3, -0.25) is 4.79 Å². The van der Waals surface area contributed by atoms with E-state index >= 15 is 0 Å². The van der Waals surface area contributed by atoms with Gasteiger partial charge in [0.05, 0.1) is 11.7 Å². The highest BCUT2D eigenvalue weighted by molar-refractivity contribution is 7.13. The molecule has 1 aliphatic rings. The van der Waals surface area contributed by atoms with E-state index in [4.69, 9.17) is 5.11 Å². The van der Waals surface area contributed by atoms with Crippen molar-refractivity contribution in [2.45, 2.75) is 40.2 Å². The van der Waals surface area contributed by atoms with Crippen LogP contribution in [-0.4, -0.2) is 22.0 Å². The van der Waals surface area contributed by atoms with Gasteiger partial charge in [0.2, 0.25) is 5.91 Å². The average molecular weight is 282 g/mol. The molecule has 1 fully saturated rings. The molecule has 0 radical (unpaired) electrons. The minimum atomic E-state index is -0.969. The molecule has 0 spiro atoms. The van der Waals surface area contributed by atoms with Crippen LogP contribution in [0.25, 0.3) is 0 Å². The van der Waals surface area contributed by atoms with E-state index in [0.29, 0.717) is 10.7 Å². The number of aromatic nitrogens is 1. The normalized spacial score (nSPS) is 21.8. The summed E-state index contributed by atoms with van der Waals surface area (Å²) in [5.41, 5.74) is 0.592. The van der Waals surface area contributed by atoms with Crippen molar-refractivity contribution in [2.24, 2.45) is 11.3 Å². The predicted molar refractivity (Wildman–Crippen MR) is 72.3 cm³/mol. The van der Waals surface area contributed by atoms with Gasteiger partial charge in [0.1, 0.15) is 9.88 Å². The molecule has 5 nitrogen and oxygen atoms in total. The number of nitrogens with one attached hydrogen (secondary N) is 1. The van der Waals surface area contributed by atoms with Crippen molar-refractivity contribution in [1.29, 1.82) is 0 Å². The van der Waals surface area contributed by atoms with E-state index in [-0.39, 0.29) is 28.2 Å². The van der Waals surface area contributed by atoms with Crippen LogP contribution in [0.5, 0.6) is 0 Å². The lowest BCUT2D eigenvalue weighted by Gasteiger charge is -2.12. The second-order valence-corrected chi connectivity index (χ2v) is 6.78. The van der Waals surface area contributed by atoms with E-state index < -0.39 is 5.97 Å². The zero-order chi connectivity index (χ0) is 14.4. The third-order valence-corrected chi connectivity index (χ3v) is 4.89. The standard InChI is InChI=1S/C13H18N2O3S/c1-6-9(12(17)18)19-11(15-6)7(2)14-10(16)8-5-13(8,3)4/h7-8H,5H2,1-4H3,(H,14,16)(H,17,18)/t7?,8-/m1/s1. The zero-order valence-electron chi connectivity index (χ0n) is 11.5. The van der Waals surface area contributed by atoms with Crippen molar-refractivity contribution in [2.75, 3.05) is 0 Å². The van der Waals surface area contributed by atoms with Gasteiger partial charge in [0.15, 0.2) is 0 Å². The summed E-state index contributed by atoms with van der Waals surface area (Å²) < 4.78 is 0. The van der Waals surface area contributed by atoms with Crippen molar-refractivity contribution in [3.05, 3.63) is 15.6 Å². The van der Waals surface area contributed by atoms with E-state index in [2.05, 4.69) is 24.1 Å². The summed E-state index contributed by atoms with van der Waals surface area (Å²) in [6.45, 7) is 7.63. The molecule has 1 aromatic heterocycles. The summed E-state index contributed by atoms with van der Waals surface area (Å²) in [6, 6.07) is -0.249. The fraction of sp³-hybridized carbons (Fsp3) is 0.615. The molecule has 0 aliphatic heterocycles. The Morgan fingerprint density at radius 2 is 2.11 bits per heavy atom. The lowest BCUT2D eigenvalue weighted by atomic mass is 10.1. The Bertz CT molecular complexity index is 536. The molecule has 2 atom stereocenters. The first-order chi connectivity index (χ1) is 8.72. The van der Waals surface area contributed by atoms with Gasteiger partial charge < -0.3 is 10.4 Å². The Morgan fingerprint density at radius 3 is 2.53 bits per heavy atom. The Balaban J connectivity index is 2.04. The van der Waals surface area contributed by atoms with Gasteiger partial charge in [-0.1, -0.05) is 13.8 Å². The molecule has 1 unspecified atom stereocenters. The minimum Gasteiger partial charge on any atom is -0.477 e. The quantitative estimate of drug-likeness (QED) is 0.888. The van der Waals surface area contributed by atoms with Gasteiger partial charge in [-0.05, 0) is 25.7 Å². The molecule has 1 heterocycles. The fourth-order valence-corrected chi connectivity index (χ4v) is 3.00. The monoisotopic (exact) mass is 282 g/mol. The van der Waals surface area contributed by atoms with Crippen LogP contribution in [0.1, 0.15) is 53.6 Å². The highest BCUT2D eigenvalue weighted by atomic mass is 32.1. The number of carbonyl (C=O) groups excluding carboxylic acids is 1. The van der Waals surface area contributed by atoms with Crippen LogP contribution < -0.4 is 5.32 Å². The molecule has 0 aromatic carbocycles. The van der Waals surface area contributed by atoms with Crippen molar-refractivity contribution < 1.29 is 14.7 Å². The highest BCUT2D eigenvalue weighted by Crippen LogP contribution is 2.51. The lowest BCUT2D eigenvalue weighted by Crippen LogP contribution is -2.29. The van der Waals surface area contributed by atoms with Gasteiger partial charge in [0, 0.05) is 5.92 Å². The molecule has 1 amide bonds. The van der Waals surface area contributed by atoms with Crippen molar-refractivity contribution in [3.63, 3.8) is 0 Å². The van der Waals surface area contributed by atoms with Crippen LogP contribution in [0.15, 0.2) is 0 Å². The second-order valence-electron chi connectivity index (χ2n) is 5.75. The molecule has 6 heteroatoms. The largest absolute Gasteiger partial charge is 0.477 e. The Kier molecular flexibility index (Phi) is 3.38. The van der Waals surface area contributed by atoms with Crippen molar-refractivity contribution >= 4 is 23.2 Å². The summed E-state index contributed by atoms with van der Waals surface area (Å²) in [5, 5.41) is 12.5. The first-order valence-corrected chi connectivity index (χ1v) is 7.05. The third-order valence-electron chi connectivity index (χ3n) is 3.57. The molecule has 0 saturated heterocycles. The summed E-state index contributed by atoms with van der Waals surface area (Å²) >= 11 is 1.12. The SMILES string of the molecule is Cc1nc(C(C)NC(=O)[C@H]2CC2(C)C)sc1C(=O)O. The van der Waals surface area contributed by atoms with Crippen LogP contribution in [0.2, 0.25) is 0 Å². The first kappa shape index (κ1) is 14.0. The number of aromatic carboxylic acids is 1. The third kappa shape index (κ3) is 2.78. The summed E-state index contributed by atoms with van der Waals surface area (Å²) in [6.07, 6.45) is 0.906. The number of carbonyl (C=O) groups is 2. The number of rotatable bonds is 4. The van der Waals surface area contributed by atoms with E-state index in [1.807, 2.05) is 6.92 Å². The Hall–Kier alpha value is -1.43. The van der Waals surface area contributed by atoms with Crippen molar-refractivity contribution in [1.82, 2.24) is 10.3 Å². The number of hydrogen-bond donors (Lipinski definition) is 2. The number of carboxylic acid groups (broad SMARTS) is 1. The Morgan fingerprint density at radius 1 is 1.53 bits per heavy atom. The smallest absolute Gasteiger partial charge is 0.347 e. The number of amides is 1. The summed E-state index contributed by atoms with van der Waals surface area (Å²) in [7, 11) is 0. The topological polar surface area (TPSA) is 79.3 Å². The molecule has 19 heavy (non-hydrogen) atoms. The number of thiazole rings is 1. The van der Waals surface area contributed by atoms with Gasteiger partial charge in [-0.2, -0.15) is 0 Å². The molecular formula is C13H18N2O3S. The number of hydrogen-bond acceptors (Lipinski definition) is 4. The first-order valence-electron chi connectivity index (χ1n) is 6.23. The van der Waals surface area contributed by atoms with Gasteiger partial charge >= 0.3 is 5.97 Å². The zero-order valence-corrected chi connectivity index (χ0v) is 12.3. The van der Waals surface area contributed by atoms with Crippen LogP contribution in [0.4, 0.5) is 0 Å². The fourth-order valence-electron chi connectivity index (χ4n) is 2.09. The van der Waals surface area contributed by atoms with Crippen LogP contribution in [0.3, 0.4) is 0 Å². The van der Waals surface area contributed by atoms with Crippen molar-refractivity contribution in [3.8, 4) is 0 Å². The molecular weight excluding hydrogens is 264 g/mol. The van der Waals surface area contributed by atoms with E-state index in [1.165, 1.54) is 0 Å². The van der Waals surface area contributed by atoms with Crippen LogP contribution in [-0.2, 0) is 4.79 Å². The van der Waals surface area contributed by atoms with Gasteiger partial charge in [-0.25, -0.2) is 9.78 Å². The predicted octanol–water partition coefficient (Wildman–Crippen LogP) is 2.37. The number of nitrogens with zero attached hydrogens (tertiary/aromatic N) is 1. The number of carboxylic acids is 1. The molecule has 0 bridgehead atoms. The molecule has 2 rings (SSSR count). The molecule has 2 N–H and O–H groups in total. The Labute approximate surface area is 116 Å².